The van der Waals surface area contributed by atoms with Crippen LogP contribution in [0.1, 0.15) is 42.9 Å². The second-order valence-electron chi connectivity index (χ2n) is 8.31. The van der Waals surface area contributed by atoms with Crippen molar-refractivity contribution in [3.63, 3.8) is 0 Å². The molecule has 30 heavy (non-hydrogen) atoms. The summed E-state index contributed by atoms with van der Waals surface area (Å²) in [5.41, 5.74) is 2.57. The first-order valence-electron chi connectivity index (χ1n) is 11.1. The van der Waals surface area contributed by atoms with Gasteiger partial charge in [-0.3, -0.25) is 4.99 Å². The van der Waals surface area contributed by atoms with Crippen LogP contribution < -0.4 is 10.6 Å². The van der Waals surface area contributed by atoms with Gasteiger partial charge in [0.2, 0.25) is 0 Å². The molecule has 0 radical (unpaired) electrons. The molecule has 0 aliphatic carbocycles. The molecule has 2 atom stereocenters. The van der Waals surface area contributed by atoms with Gasteiger partial charge in [-0.1, -0.05) is 29.8 Å². The molecule has 0 amide bonds. The van der Waals surface area contributed by atoms with Gasteiger partial charge in [0.05, 0.1) is 12.7 Å². The number of aliphatic imine (C=N–C) groups is 1. The smallest absolute Gasteiger partial charge is 0.191 e. The second-order valence-corrected chi connectivity index (χ2v) is 8.31. The van der Waals surface area contributed by atoms with E-state index in [-0.39, 0.29) is 30.1 Å². The van der Waals surface area contributed by atoms with E-state index in [2.05, 4.69) is 51.7 Å². The third kappa shape index (κ3) is 7.66. The number of halogens is 1. The topological polar surface area (TPSA) is 58.1 Å². The van der Waals surface area contributed by atoms with Gasteiger partial charge in [-0.05, 0) is 38.2 Å². The predicted molar refractivity (Wildman–Crippen MR) is 134 cm³/mol. The average Bonchev–Trinajstić information content (AvgIpc) is 2.77. The molecule has 2 saturated heterocycles. The number of methoxy groups -OCH3 is 1. The van der Waals surface area contributed by atoms with Gasteiger partial charge >= 0.3 is 0 Å². The Labute approximate surface area is 199 Å². The van der Waals surface area contributed by atoms with Crippen molar-refractivity contribution in [1.29, 1.82) is 0 Å². The zero-order chi connectivity index (χ0) is 20.5. The maximum atomic E-state index is 6.16. The highest BCUT2D eigenvalue weighted by Crippen LogP contribution is 2.33. The normalized spacial score (nSPS) is 23.6. The van der Waals surface area contributed by atoms with Crippen LogP contribution in [0.5, 0.6) is 0 Å². The summed E-state index contributed by atoms with van der Waals surface area (Å²) in [4.78, 5) is 6.94. The fourth-order valence-corrected chi connectivity index (χ4v) is 4.31. The Morgan fingerprint density at radius 2 is 1.93 bits per heavy atom. The zero-order valence-electron chi connectivity index (χ0n) is 18.7. The lowest BCUT2D eigenvalue weighted by Gasteiger charge is -2.34. The maximum absolute atomic E-state index is 6.16. The second kappa shape index (κ2) is 13.5. The van der Waals surface area contributed by atoms with Gasteiger partial charge in [-0.2, -0.15) is 0 Å². The monoisotopic (exact) mass is 530 g/mol. The summed E-state index contributed by atoms with van der Waals surface area (Å²) in [7, 11) is 3.63. The Bertz CT molecular complexity index is 633. The fraction of sp³-hybridized carbons (Fsp3) is 0.696. The number of ether oxygens (including phenoxy) is 2. The number of hydrogen-bond donors (Lipinski definition) is 2. The lowest BCUT2D eigenvalue weighted by Crippen LogP contribution is -2.50. The highest BCUT2D eigenvalue weighted by Gasteiger charge is 2.28. The first kappa shape index (κ1) is 25.4. The van der Waals surface area contributed by atoms with Crippen LogP contribution in [0.25, 0.3) is 0 Å². The zero-order valence-corrected chi connectivity index (χ0v) is 21.1. The van der Waals surface area contributed by atoms with Crippen molar-refractivity contribution >= 4 is 29.9 Å². The number of guanidine groups is 1. The lowest BCUT2D eigenvalue weighted by molar-refractivity contribution is -0.0265. The van der Waals surface area contributed by atoms with Gasteiger partial charge in [-0.25, -0.2) is 0 Å². The van der Waals surface area contributed by atoms with E-state index in [9.17, 15) is 0 Å². The van der Waals surface area contributed by atoms with E-state index < -0.39 is 0 Å². The van der Waals surface area contributed by atoms with E-state index >= 15 is 0 Å². The Kier molecular flexibility index (Phi) is 11.4. The van der Waals surface area contributed by atoms with E-state index in [1.165, 1.54) is 17.5 Å². The van der Waals surface area contributed by atoms with E-state index in [1.54, 1.807) is 7.11 Å². The molecule has 0 aromatic heterocycles. The minimum absolute atomic E-state index is 0. The first-order chi connectivity index (χ1) is 14.2. The van der Waals surface area contributed by atoms with Gasteiger partial charge in [0, 0.05) is 58.9 Å². The van der Waals surface area contributed by atoms with Crippen molar-refractivity contribution < 1.29 is 9.47 Å². The molecule has 0 bridgehead atoms. The van der Waals surface area contributed by atoms with Crippen LogP contribution in [-0.4, -0.2) is 70.5 Å². The molecule has 7 heteroatoms. The molecule has 1 aromatic rings. The molecule has 2 aliphatic heterocycles. The number of piperidine rings is 1. The van der Waals surface area contributed by atoms with E-state index in [0.29, 0.717) is 12.0 Å². The van der Waals surface area contributed by atoms with Crippen LogP contribution in [0.4, 0.5) is 0 Å². The molecule has 2 heterocycles. The molecule has 0 saturated carbocycles. The summed E-state index contributed by atoms with van der Waals surface area (Å²) < 4.78 is 11.4. The average molecular weight is 530 g/mol. The van der Waals surface area contributed by atoms with Crippen LogP contribution in [-0.2, 0) is 9.47 Å². The summed E-state index contributed by atoms with van der Waals surface area (Å²) in [6, 6.07) is 9.26. The van der Waals surface area contributed by atoms with Crippen LogP contribution in [0, 0.1) is 12.8 Å². The highest BCUT2D eigenvalue weighted by atomic mass is 127. The number of hydrogen-bond acceptors (Lipinski definition) is 4. The number of rotatable bonds is 7. The Hall–Kier alpha value is -0.900. The van der Waals surface area contributed by atoms with Crippen molar-refractivity contribution in [1.82, 2.24) is 15.5 Å². The fourth-order valence-electron chi connectivity index (χ4n) is 4.31. The van der Waals surface area contributed by atoms with Crippen LogP contribution in [0.3, 0.4) is 0 Å². The van der Waals surface area contributed by atoms with Crippen molar-refractivity contribution in [2.24, 2.45) is 10.9 Å². The summed E-state index contributed by atoms with van der Waals surface area (Å²) in [5, 5.41) is 7.19. The number of aryl methyl sites for hydroxylation is 1. The SMILES string of the molecule is CN=C(NCC1CCCOC1c1ccc(C)cc1)NC1CCN(CCOC)CC1.I. The number of benzene rings is 1. The third-order valence-corrected chi connectivity index (χ3v) is 6.15. The summed E-state index contributed by atoms with van der Waals surface area (Å²) in [6.45, 7) is 7.93. The quantitative estimate of drug-likeness (QED) is 0.322. The maximum Gasteiger partial charge on any atom is 0.191 e. The molecule has 2 N–H and O–H groups in total. The summed E-state index contributed by atoms with van der Waals surface area (Å²) in [5.74, 6) is 1.37. The van der Waals surface area contributed by atoms with E-state index in [1.807, 2.05) is 7.05 Å². The van der Waals surface area contributed by atoms with Crippen molar-refractivity contribution in [2.75, 3.05) is 53.6 Å². The largest absolute Gasteiger partial charge is 0.383 e. The third-order valence-electron chi connectivity index (χ3n) is 6.15. The molecule has 6 nitrogen and oxygen atoms in total. The van der Waals surface area contributed by atoms with Gasteiger partial charge in [0.25, 0.3) is 0 Å². The van der Waals surface area contributed by atoms with Gasteiger partial charge in [0.15, 0.2) is 5.96 Å². The molecule has 2 unspecified atom stereocenters. The Morgan fingerprint density at radius 3 is 2.60 bits per heavy atom. The Morgan fingerprint density at radius 1 is 1.20 bits per heavy atom. The van der Waals surface area contributed by atoms with Gasteiger partial charge < -0.3 is 25.0 Å². The minimum Gasteiger partial charge on any atom is -0.383 e. The predicted octanol–water partition coefficient (Wildman–Crippen LogP) is 3.36. The first-order valence-corrected chi connectivity index (χ1v) is 11.1. The van der Waals surface area contributed by atoms with E-state index in [4.69, 9.17) is 9.47 Å². The van der Waals surface area contributed by atoms with Crippen molar-refractivity contribution in [3.8, 4) is 0 Å². The molecule has 0 spiro atoms. The summed E-state index contributed by atoms with van der Waals surface area (Å²) >= 11 is 0. The molecule has 1 aromatic carbocycles. The molecular formula is C23H39IN4O2. The van der Waals surface area contributed by atoms with E-state index in [0.717, 1.165) is 64.6 Å². The van der Waals surface area contributed by atoms with Crippen LogP contribution >= 0.6 is 24.0 Å². The lowest BCUT2D eigenvalue weighted by atomic mass is 9.89. The standard InChI is InChI=1S/C23H38N4O2.HI/c1-18-6-8-19(9-7-18)22-20(5-4-15-29-22)17-25-23(24-2)26-21-10-12-27(13-11-21)14-16-28-3;/h6-9,20-22H,4-5,10-17H2,1-3H3,(H2,24,25,26);1H. The minimum atomic E-state index is 0. The molecule has 3 rings (SSSR count). The summed E-state index contributed by atoms with van der Waals surface area (Å²) in [6.07, 6.45) is 4.76. The van der Waals surface area contributed by atoms with Gasteiger partial charge in [-0.15, -0.1) is 24.0 Å². The number of likely N-dealkylation sites (tertiary alicyclic amines) is 1. The number of nitrogens with zero attached hydrogens (tertiary/aromatic N) is 2. The Balaban J connectivity index is 0.00000320. The highest BCUT2D eigenvalue weighted by molar-refractivity contribution is 14.0. The molecule has 2 aliphatic rings. The van der Waals surface area contributed by atoms with Crippen molar-refractivity contribution in [3.05, 3.63) is 35.4 Å². The molecular weight excluding hydrogens is 491 g/mol. The van der Waals surface area contributed by atoms with Crippen molar-refractivity contribution in [2.45, 2.75) is 44.8 Å². The van der Waals surface area contributed by atoms with Crippen LogP contribution in [0.2, 0.25) is 0 Å². The molecule has 170 valence electrons. The van der Waals surface area contributed by atoms with Crippen LogP contribution in [0.15, 0.2) is 29.3 Å². The molecule has 2 fully saturated rings. The number of nitrogens with one attached hydrogen (secondary N) is 2. The van der Waals surface area contributed by atoms with Gasteiger partial charge in [0.1, 0.15) is 0 Å².